The van der Waals surface area contributed by atoms with E-state index >= 15 is 0 Å². The van der Waals surface area contributed by atoms with Crippen molar-refractivity contribution in [3.05, 3.63) is 58.7 Å². The van der Waals surface area contributed by atoms with E-state index in [1.807, 2.05) is 6.92 Å². The van der Waals surface area contributed by atoms with Crippen LogP contribution < -0.4 is 0 Å². The van der Waals surface area contributed by atoms with E-state index in [-0.39, 0.29) is 17.4 Å². The number of rotatable bonds is 6. The second kappa shape index (κ2) is 9.33. The predicted molar refractivity (Wildman–Crippen MR) is 114 cm³/mol. The van der Waals surface area contributed by atoms with Gasteiger partial charge in [-0.3, -0.25) is 4.79 Å². The van der Waals surface area contributed by atoms with E-state index in [0.29, 0.717) is 46.8 Å². The Morgan fingerprint density at radius 2 is 1.90 bits per heavy atom. The maximum Gasteiger partial charge on any atom is 0.416 e. The van der Waals surface area contributed by atoms with Crippen LogP contribution in [0.5, 0.6) is 0 Å². The largest absolute Gasteiger partial charge is 0.616 e. The highest BCUT2D eigenvalue weighted by atomic mass is 32.2. The molecule has 31 heavy (non-hydrogen) atoms. The van der Waals surface area contributed by atoms with Gasteiger partial charge in [-0.2, -0.15) is 18.4 Å². The number of aryl methyl sites for hydroxylation is 1. The van der Waals surface area contributed by atoms with Gasteiger partial charge < -0.3 is 9.45 Å². The van der Waals surface area contributed by atoms with Crippen LogP contribution in [0.15, 0.2) is 36.4 Å². The zero-order valence-corrected chi connectivity index (χ0v) is 18.1. The quantitative estimate of drug-likeness (QED) is 0.597. The number of carbonyl (C=O) groups excluding carboxylic acids is 1. The number of likely N-dealkylation sites (tertiary alicyclic amines) is 1. The van der Waals surface area contributed by atoms with E-state index in [4.69, 9.17) is 0 Å². The molecule has 1 fully saturated rings. The van der Waals surface area contributed by atoms with E-state index in [2.05, 4.69) is 6.07 Å². The minimum absolute atomic E-state index is 0.189. The molecule has 4 nitrogen and oxygen atoms in total. The molecular formula is C23H23F3N2O2S. The van der Waals surface area contributed by atoms with Crippen LogP contribution in [0.25, 0.3) is 11.1 Å². The highest BCUT2D eigenvalue weighted by Gasteiger charge is 2.35. The number of alkyl halides is 3. The van der Waals surface area contributed by atoms with Crippen LogP contribution in [0.1, 0.15) is 40.4 Å². The van der Waals surface area contributed by atoms with Gasteiger partial charge in [-0.05, 0) is 54.3 Å². The molecule has 0 aromatic heterocycles. The summed E-state index contributed by atoms with van der Waals surface area (Å²) in [4.78, 5) is 14.6. The lowest BCUT2D eigenvalue weighted by molar-refractivity contribution is -0.137. The van der Waals surface area contributed by atoms with Gasteiger partial charge in [-0.1, -0.05) is 30.2 Å². The van der Waals surface area contributed by atoms with Gasteiger partial charge in [0.05, 0.1) is 17.2 Å². The summed E-state index contributed by atoms with van der Waals surface area (Å²) < 4.78 is 50.3. The molecule has 0 radical (unpaired) electrons. The molecule has 2 aromatic rings. The van der Waals surface area contributed by atoms with Crippen molar-refractivity contribution < 1.29 is 22.5 Å². The average Bonchev–Trinajstić information content (AvgIpc) is 2.69. The molecule has 1 saturated heterocycles. The van der Waals surface area contributed by atoms with Gasteiger partial charge in [-0.25, -0.2) is 0 Å². The lowest BCUT2D eigenvalue weighted by Crippen LogP contribution is -2.52. The summed E-state index contributed by atoms with van der Waals surface area (Å²) in [6.45, 7) is 4.81. The van der Waals surface area contributed by atoms with Crippen LogP contribution in [0.2, 0.25) is 0 Å². The molecule has 164 valence electrons. The first kappa shape index (κ1) is 23.2. The van der Waals surface area contributed by atoms with Gasteiger partial charge >= 0.3 is 6.18 Å². The van der Waals surface area contributed by atoms with E-state index in [1.54, 1.807) is 17.9 Å². The standard InChI is InChI=1S/C23H23F3N2O2S/c1-3-8-31(30)14-16-12-28(13-16)22(29)20-10-18(11-27)21(9-15(20)2)17-4-6-19(7-5-17)23(24,25)26/h4-7,9-10,16H,3,8,12-14H2,1-2H3. The van der Waals surface area contributed by atoms with E-state index < -0.39 is 22.9 Å². The third-order valence-electron chi connectivity index (χ3n) is 5.34. The minimum Gasteiger partial charge on any atom is -0.616 e. The van der Waals surface area contributed by atoms with Gasteiger partial charge in [0.25, 0.3) is 5.91 Å². The van der Waals surface area contributed by atoms with Crippen molar-refractivity contribution in [2.24, 2.45) is 5.92 Å². The van der Waals surface area contributed by atoms with Crippen LogP contribution in [0, 0.1) is 24.2 Å². The Morgan fingerprint density at radius 3 is 2.45 bits per heavy atom. The molecule has 0 saturated carbocycles. The fraction of sp³-hybridized carbons (Fsp3) is 0.391. The maximum atomic E-state index is 12.9. The highest BCUT2D eigenvalue weighted by Crippen LogP contribution is 2.33. The molecule has 1 heterocycles. The van der Waals surface area contributed by atoms with Gasteiger partial charge in [0.2, 0.25) is 0 Å². The zero-order valence-electron chi connectivity index (χ0n) is 17.3. The number of nitriles is 1. The third-order valence-corrected chi connectivity index (χ3v) is 7.04. The Bertz CT molecular complexity index is 994. The molecule has 3 rings (SSSR count). The lowest BCUT2D eigenvalue weighted by atomic mass is 9.92. The van der Waals surface area contributed by atoms with Crippen LogP contribution >= 0.6 is 0 Å². The van der Waals surface area contributed by atoms with Crippen LogP contribution in [0.3, 0.4) is 0 Å². The number of hydrogen-bond acceptors (Lipinski definition) is 3. The summed E-state index contributed by atoms with van der Waals surface area (Å²) >= 11 is -0.864. The topological polar surface area (TPSA) is 67.2 Å². The second-order valence-electron chi connectivity index (χ2n) is 7.79. The molecule has 1 amide bonds. The van der Waals surface area contributed by atoms with Gasteiger partial charge in [0, 0.05) is 24.6 Å². The monoisotopic (exact) mass is 448 g/mol. The van der Waals surface area contributed by atoms with E-state index in [0.717, 1.165) is 18.6 Å². The van der Waals surface area contributed by atoms with E-state index in [9.17, 15) is 27.8 Å². The van der Waals surface area contributed by atoms with Crippen molar-refractivity contribution in [1.29, 1.82) is 5.26 Å². The molecule has 1 atom stereocenters. The van der Waals surface area contributed by atoms with E-state index in [1.165, 1.54) is 18.2 Å². The minimum atomic E-state index is -4.43. The molecule has 1 unspecified atom stereocenters. The number of halogens is 3. The highest BCUT2D eigenvalue weighted by molar-refractivity contribution is 7.91. The van der Waals surface area contributed by atoms with Crippen molar-refractivity contribution >= 4 is 17.1 Å². The number of hydrogen-bond donors (Lipinski definition) is 0. The summed E-state index contributed by atoms with van der Waals surface area (Å²) in [5.41, 5.74) is 1.49. The Hall–Kier alpha value is -2.50. The van der Waals surface area contributed by atoms with Crippen LogP contribution in [-0.2, 0) is 17.4 Å². The number of nitrogens with zero attached hydrogens (tertiary/aromatic N) is 2. The fourth-order valence-corrected chi connectivity index (χ4v) is 5.05. The van der Waals surface area contributed by atoms with Gasteiger partial charge in [-0.15, -0.1) is 0 Å². The molecule has 0 N–H and O–H groups in total. The Labute approximate surface area is 182 Å². The molecule has 1 aliphatic rings. The van der Waals surface area contributed by atoms with Crippen molar-refractivity contribution in [3.63, 3.8) is 0 Å². The van der Waals surface area contributed by atoms with Gasteiger partial charge in [0.15, 0.2) is 0 Å². The van der Waals surface area contributed by atoms with Gasteiger partial charge in [0.1, 0.15) is 11.5 Å². The number of carbonyl (C=O) groups is 1. The Morgan fingerprint density at radius 1 is 1.26 bits per heavy atom. The Balaban J connectivity index is 1.77. The lowest BCUT2D eigenvalue weighted by Gasteiger charge is -2.39. The summed E-state index contributed by atoms with van der Waals surface area (Å²) in [5, 5.41) is 9.57. The van der Waals surface area contributed by atoms with Crippen molar-refractivity contribution in [3.8, 4) is 17.2 Å². The predicted octanol–water partition coefficient (Wildman–Crippen LogP) is 4.78. The smallest absolute Gasteiger partial charge is 0.416 e. The SMILES string of the molecule is CCC[S+]([O-])CC1CN(C(=O)c2cc(C#N)c(-c3ccc(C(F)(F)F)cc3)cc2C)C1. The summed E-state index contributed by atoms with van der Waals surface area (Å²) in [6.07, 6.45) is -3.57. The summed E-state index contributed by atoms with van der Waals surface area (Å²) in [5.74, 6) is 1.29. The molecule has 1 aliphatic heterocycles. The zero-order chi connectivity index (χ0) is 22.8. The molecule has 0 aliphatic carbocycles. The van der Waals surface area contributed by atoms with Crippen LogP contribution in [-0.4, -0.2) is 40.0 Å². The van der Waals surface area contributed by atoms with Crippen molar-refractivity contribution in [2.75, 3.05) is 24.6 Å². The average molecular weight is 449 g/mol. The number of benzene rings is 2. The second-order valence-corrected chi connectivity index (χ2v) is 9.41. The summed E-state index contributed by atoms with van der Waals surface area (Å²) in [7, 11) is 0. The third kappa shape index (κ3) is 5.23. The van der Waals surface area contributed by atoms with Crippen LogP contribution in [0.4, 0.5) is 13.2 Å². The number of amides is 1. The maximum absolute atomic E-state index is 12.9. The molecular weight excluding hydrogens is 425 g/mol. The van der Waals surface area contributed by atoms with Crippen molar-refractivity contribution in [2.45, 2.75) is 26.4 Å². The fourth-order valence-electron chi connectivity index (χ4n) is 3.69. The first-order valence-corrected chi connectivity index (χ1v) is 11.5. The Kier molecular flexibility index (Phi) is 6.97. The van der Waals surface area contributed by atoms with Crippen molar-refractivity contribution in [1.82, 2.24) is 4.90 Å². The first-order chi connectivity index (χ1) is 14.6. The molecule has 0 bridgehead atoms. The normalized spacial score (nSPS) is 15.3. The molecule has 0 spiro atoms. The summed E-state index contributed by atoms with van der Waals surface area (Å²) in [6, 6.07) is 9.85. The first-order valence-electron chi connectivity index (χ1n) is 10.0. The molecule has 2 aromatic carbocycles. The molecule has 8 heteroatoms.